The summed E-state index contributed by atoms with van der Waals surface area (Å²) < 4.78 is 0. The third-order valence-electron chi connectivity index (χ3n) is 6.03. The normalized spacial score (nSPS) is 14.7. The molecule has 0 saturated heterocycles. The molecule has 0 aliphatic heterocycles. The van der Waals surface area contributed by atoms with E-state index in [0.29, 0.717) is 23.6 Å². The molecule has 1 saturated carbocycles. The summed E-state index contributed by atoms with van der Waals surface area (Å²) in [5.41, 5.74) is 7.27. The Morgan fingerprint density at radius 1 is 1.21 bits per heavy atom. The van der Waals surface area contributed by atoms with Crippen molar-refractivity contribution in [3.63, 3.8) is 0 Å². The SMILES string of the molecule is CCNCCc1c(C)[nH]c(Cc2nccnc2-c2c[nH][nH]c2=O)c1C1CCCC1. The van der Waals surface area contributed by atoms with E-state index >= 15 is 0 Å². The Balaban J connectivity index is 1.72. The highest BCUT2D eigenvalue weighted by Gasteiger charge is 2.26. The molecule has 3 aromatic rings. The molecule has 1 fully saturated rings. The molecule has 29 heavy (non-hydrogen) atoms. The smallest absolute Gasteiger partial charge is 0.273 e. The molecule has 0 aromatic carbocycles. The van der Waals surface area contributed by atoms with E-state index in [0.717, 1.165) is 25.2 Å². The van der Waals surface area contributed by atoms with E-state index in [1.807, 2.05) is 0 Å². The van der Waals surface area contributed by atoms with E-state index in [1.165, 1.54) is 48.2 Å². The topological polar surface area (TPSA) is 102 Å². The molecular formula is C22H30N6O. The van der Waals surface area contributed by atoms with Gasteiger partial charge in [-0.3, -0.25) is 19.9 Å². The molecule has 4 N–H and O–H groups in total. The van der Waals surface area contributed by atoms with Crippen molar-refractivity contribution in [1.82, 2.24) is 30.5 Å². The number of aromatic amines is 3. The third-order valence-corrected chi connectivity index (χ3v) is 6.03. The molecule has 0 radical (unpaired) electrons. The lowest BCUT2D eigenvalue weighted by molar-refractivity contribution is 0.681. The summed E-state index contributed by atoms with van der Waals surface area (Å²) in [6.45, 7) is 6.30. The quantitative estimate of drug-likeness (QED) is 0.441. The number of aromatic nitrogens is 5. The second-order valence-corrected chi connectivity index (χ2v) is 7.89. The standard InChI is InChI=1S/C22H30N6O/c1-3-23-9-8-16-14(2)27-18(20(16)15-6-4-5-7-15)12-19-21(25-11-10-24-19)17-13-26-28-22(17)29/h10-11,13,15,23,27H,3-9,12H2,1-2H3,(H2,26,28,29). The second-order valence-electron chi connectivity index (χ2n) is 7.89. The van der Waals surface area contributed by atoms with Gasteiger partial charge in [-0.15, -0.1) is 0 Å². The molecule has 3 heterocycles. The number of hydrogen-bond acceptors (Lipinski definition) is 4. The van der Waals surface area contributed by atoms with Crippen LogP contribution in [0.25, 0.3) is 11.3 Å². The molecule has 3 aromatic heterocycles. The largest absolute Gasteiger partial charge is 0.362 e. The summed E-state index contributed by atoms with van der Waals surface area (Å²) in [6, 6.07) is 0. The molecule has 0 bridgehead atoms. The zero-order chi connectivity index (χ0) is 20.2. The summed E-state index contributed by atoms with van der Waals surface area (Å²) in [5, 5.41) is 8.82. The van der Waals surface area contributed by atoms with Gasteiger partial charge in [-0.05, 0) is 56.3 Å². The highest BCUT2D eigenvalue weighted by Crippen LogP contribution is 2.39. The van der Waals surface area contributed by atoms with E-state index in [-0.39, 0.29) is 5.56 Å². The van der Waals surface area contributed by atoms with Gasteiger partial charge in [0.25, 0.3) is 5.56 Å². The molecule has 154 valence electrons. The van der Waals surface area contributed by atoms with E-state index < -0.39 is 0 Å². The van der Waals surface area contributed by atoms with Crippen LogP contribution in [0, 0.1) is 6.92 Å². The van der Waals surface area contributed by atoms with Crippen molar-refractivity contribution in [3.05, 3.63) is 57.2 Å². The van der Waals surface area contributed by atoms with Crippen LogP contribution in [0.2, 0.25) is 0 Å². The minimum absolute atomic E-state index is 0.170. The van der Waals surface area contributed by atoms with Gasteiger partial charge in [0.15, 0.2) is 0 Å². The zero-order valence-electron chi connectivity index (χ0n) is 17.3. The highest BCUT2D eigenvalue weighted by molar-refractivity contribution is 5.60. The average Bonchev–Trinajstić information content (AvgIpc) is 3.44. The highest BCUT2D eigenvalue weighted by atomic mass is 16.1. The van der Waals surface area contributed by atoms with Crippen LogP contribution < -0.4 is 10.9 Å². The monoisotopic (exact) mass is 394 g/mol. The summed E-state index contributed by atoms with van der Waals surface area (Å²) in [4.78, 5) is 24.9. The molecule has 7 nitrogen and oxygen atoms in total. The Kier molecular flexibility index (Phi) is 5.94. The first-order chi connectivity index (χ1) is 14.2. The molecule has 0 unspecified atom stereocenters. The van der Waals surface area contributed by atoms with Crippen LogP contribution in [0.15, 0.2) is 23.4 Å². The number of aryl methyl sites for hydroxylation is 1. The molecular weight excluding hydrogens is 364 g/mol. The first-order valence-electron chi connectivity index (χ1n) is 10.7. The van der Waals surface area contributed by atoms with Crippen molar-refractivity contribution in [1.29, 1.82) is 0 Å². The Morgan fingerprint density at radius 3 is 2.72 bits per heavy atom. The number of hydrogen-bond donors (Lipinski definition) is 4. The fourth-order valence-electron chi connectivity index (χ4n) is 4.68. The van der Waals surface area contributed by atoms with Crippen molar-refractivity contribution in [3.8, 4) is 11.3 Å². The summed E-state index contributed by atoms with van der Waals surface area (Å²) in [7, 11) is 0. The van der Waals surface area contributed by atoms with Crippen LogP contribution >= 0.6 is 0 Å². The first-order valence-corrected chi connectivity index (χ1v) is 10.7. The summed E-state index contributed by atoms with van der Waals surface area (Å²) in [6.07, 6.45) is 11.8. The van der Waals surface area contributed by atoms with Crippen LogP contribution in [0.3, 0.4) is 0 Å². The van der Waals surface area contributed by atoms with Crippen molar-refractivity contribution in [2.24, 2.45) is 0 Å². The molecule has 1 aliphatic rings. The van der Waals surface area contributed by atoms with Crippen LogP contribution in [0.4, 0.5) is 0 Å². The van der Waals surface area contributed by atoms with E-state index in [2.05, 4.69) is 44.3 Å². The number of nitrogens with zero attached hydrogens (tertiary/aromatic N) is 2. The first kappa shape index (κ1) is 19.6. The lowest BCUT2D eigenvalue weighted by atomic mass is 9.90. The van der Waals surface area contributed by atoms with Crippen LogP contribution in [0.5, 0.6) is 0 Å². The Labute approximate surface area is 170 Å². The zero-order valence-corrected chi connectivity index (χ0v) is 17.3. The van der Waals surface area contributed by atoms with Gasteiger partial charge in [-0.1, -0.05) is 19.8 Å². The molecule has 1 aliphatic carbocycles. The third kappa shape index (κ3) is 4.05. The number of likely N-dealkylation sites (N-methyl/N-ethyl adjacent to an activating group) is 1. The van der Waals surface area contributed by atoms with Crippen molar-refractivity contribution < 1.29 is 0 Å². The predicted octanol–water partition coefficient (Wildman–Crippen LogP) is 3.20. The van der Waals surface area contributed by atoms with Crippen molar-refractivity contribution in [2.45, 2.75) is 58.3 Å². The van der Waals surface area contributed by atoms with Gasteiger partial charge in [0.2, 0.25) is 0 Å². The maximum atomic E-state index is 12.1. The van der Waals surface area contributed by atoms with Crippen molar-refractivity contribution in [2.75, 3.05) is 13.1 Å². The van der Waals surface area contributed by atoms with Gasteiger partial charge in [-0.2, -0.15) is 0 Å². The Morgan fingerprint density at radius 2 is 2.00 bits per heavy atom. The number of rotatable bonds is 8. The molecule has 0 atom stereocenters. The Hall–Kier alpha value is -2.67. The van der Waals surface area contributed by atoms with Gasteiger partial charge < -0.3 is 15.4 Å². The fourth-order valence-corrected chi connectivity index (χ4v) is 4.68. The van der Waals surface area contributed by atoms with Crippen LogP contribution in [0.1, 0.15) is 66.7 Å². The lowest BCUT2D eigenvalue weighted by Crippen LogP contribution is -2.17. The van der Waals surface area contributed by atoms with Gasteiger partial charge in [0.1, 0.15) is 0 Å². The lowest BCUT2D eigenvalue weighted by Gasteiger charge is -2.15. The maximum absolute atomic E-state index is 12.1. The van der Waals surface area contributed by atoms with Gasteiger partial charge >= 0.3 is 0 Å². The van der Waals surface area contributed by atoms with Gasteiger partial charge in [0, 0.05) is 36.4 Å². The predicted molar refractivity (Wildman–Crippen MR) is 114 cm³/mol. The summed E-state index contributed by atoms with van der Waals surface area (Å²) in [5.74, 6) is 0.613. The molecule has 4 rings (SSSR count). The maximum Gasteiger partial charge on any atom is 0.273 e. The molecule has 7 heteroatoms. The minimum Gasteiger partial charge on any atom is -0.362 e. The second kappa shape index (κ2) is 8.78. The van der Waals surface area contributed by atoms with Gasteiger partial charge in [0.05, 0.1) is 17.0 Å². The molecule has 0 spiro atoms. The van der Waals surface area contributed by atoms with Crippen LogP contribution in [-0.2, 0) is 12.8 Å². The van der Waals surface area contributed by atoms with E-state index in [9.17, 15) is 4.79 Å². The fraction of sp³-hybridized carbons (Fsp3) is 0.500. The number of H-pyrrole nitrogens is 3. The van der Waals surface area contributed by atoms with Crippen LogP contribution in [-0.4, -0.2) is 38.2 Å². The van der Waals surface area contributed by atoms with E-state index in [4.69, 9.17) is 0 Å². The van der Waals surface area contributed by atoms with E-state index in [1.54, 1.807) is 18.6 Å². The average molecular weight is 395 g/mol. The Bertz CT molecular complexity index is 1010. The van der Waals surface area contributed by atoms with Gasteiger partial charge in [-0.25, -0.2) is 0 Å². The number of nitrogens with one attached hydrogen (secondary N) is 4. The molecule has 0 amide bonds. The van der Waals surface area contributed by atoms with Crippen molar-refractivity contribution >= 4 is 0 Å². The summed E-state index contributed by atoms with van der Waals surface area (Å²) >= 11 is 0. The minimum atomic E-state index is -0.170.